The van der Waals surface area contributed by atoms with Crippen LogP contribution in [-0.2, 0) is 11.3 Å². The Morgan fingerprint density at radius 2 is 1.95 bits per heavy atom. The molecule has 1 aromatic rings. The second kappa shape index (κ2) is 7.26. The van der Waals surface area contributed by atoms with E-state index in [9.17, 15) is 9.90 Å². The number of carbonyl (C=O) groups excluding carboxylic acids is 1. The summed E-state index contributed by atoms with van der Waals surface area (Å²) in [4.78, 5) is 13.6. The van der Waals surface area contributed by atoms with Gasteiger partial charge in [0.05, 0.1) is 19.3 Å². The highest BCUT2D eigenvalue weighted by molar-refractivity contribution is 5.77. The fourth-order valence-corrected chi connectivity index (χ4v) is 1.96. The van der Waals surface area contributed by atoms with Crippen molar-refractivity contribution in [2.24, 2.45) is 0 Å². The molecule has 0 bridgehead atoms. The van der Waals surface area contributed by atoms with Crippen molar-refractivity contribution in [1.29, 1.82) is 0 Å². The molecule has 0 heterocycles. The fourth-order valence-electron chi connectivity index (χ4n) is 1.96. The van der Waals surface area contributed by atoms with Crippen molar-refractivity contribution >= 4 is 5.91 Å². The monoisotopic (exact) mass is 280 g/mol. The lowest BCUT2D eigenvalue weighted by Crippen LogP contribution is -2.41. The van der Waals surface area contributed by atoms with E-state index in [0.717, 1.165) is 11.3 Å². The van der Waals surface area contributed by atoms with Gasteiger partial charge in [0, 0.05) is 13.1 Å². The van der Waals surface area contributed by atoms with E-state index in [1.165, 1.54) is 0 Å². The number of hydrogen-bond acceptors (Lipinski definition) is 4. The van der Waals surface area contributed by atoms with Gasteiger partial charge in [0.25, 0.3) is 0 Å². The largest absolute Gasteiger partial charge is 0.497 e. The Labute approximate surface area is 120 Å². The Kier molecular flexibility index (Phi) is 5.98. The first-order valence-corrected chi connectivity index (χ1v) is 6.61. The van der Waals surface area contributed by atoms with Gasteiger partial charge in [-0.2, -0.15) is 0 Å². The first kappa shape index (κ1) is 16.5. The molecule has 0 unspecified atom stereocenters. The minimum absolute atomic E-state index is 0.0624. The van der Waals surface area contributed by atoms with Crippen LogP contribution >= 0.6 is 0 Å². The molecular weight excluding hydrogens is 256 g/mol. The molecule has 0 aliphatic rings. The Balaban J connectivity index is 2.35. The van der Waals surface area contributed by atoms with Crippen molar-refractivity contribution in [3.05, 3.63) is 29.8 Å². The van der Waals surface area contributed by atoms with Crippen LogP contribution in [0.2, 0.25) is 0 Å². The van der Waals surface area contributed by atoms with Crippen LogP contribution in [0.15, 0.2) is 24.3 Å². The number of hydrogen-bond donors (Lipinski definition) is 2. The number of ether oxygens (including phenoxy) is 1. The molecule has 1 rings (SSSR count). The van der Waals surface area contributed by atoms with Crippen LogP contribution in [-0.4, -0.2) is 48.8 Å². The zero-order valence-electron chi connectivity index (χ0n) is 12.6. The molecule has 0 spiro atoms. The van der Waals surface area contributed by atoms with Gasteiger partial charge in [-0.1, -0.05) is 12.1 Å². The minimum Gasteiger partial charge on any atom is -0.497 e. The SMILES string of the molecule is COc1ccc(CNC(=O)CN(C)CC(C)(C)O)cc1. The summed E-state index contributed by atoms with van der Waals surface area (Å²) in [5.74, 6) is 0.734. The first-order valence-electron chi connectivity index (χ1n) is 6.61. The number of carbonyl (C=O) groups is 1. The van der Waals surface area contributed by atoms with Gasteiger partial charge in [0.1, 0.15) is 5.75 Å². The lowest BCUT2D eigenvalue weighted by atomic mass is 10.1. The van der Waals surface area contributed by atoms with Crippen LogP contribution in [0.5, 0.6) is 5.75 Å². The number of rotatable bonds is 7. The topological polar surface area (TPSA) is 61.8 Å². The molecule has 0 aliphatic heterocycles. The van der Waals surface area contributed by atoms with Crippen molar-refractivity contribution in [3.63, 3.8) is 0 Å². The van der Waals surface area contributed by atoms with Gasteiger partial charge in [0.15, 0.2) is 0 Å². The van der Waals surface area contributed by atoms with Gasteiger partial charge in [-0.25, -0.2) is 0 Å². The van der Waals surface area contributed by atoms with Crippen LogP contribution in [0, 0.1) is 0 Å². The van der Waals surface area contributed by atoms with Crippen molar-refractivity contribution < 1.29 is 14.6 Å². The molecule has 2 N–H and O–H groups in total. The summed E-state index contributed by atoms with van der Waals surface area (Å²) < 4.78 is 5.08. The molecule has 0 radical (unpaired) electrons. The molecule has 0 saturated carbocycles. The third-order valence-electron chi connectivity index (χ3n) is 2.72. The number of nitrogens with zero attached hydrogens (tertiary/aromatic N) is 1. The maximum absolute atomic E-state index is 11.8. The van der Waals surface area contributed by atoms with E-state index in [0.29, 0.717) is 13.1 Å². The van der Waals surface area contributed by atoms with E-state index in [-0.39, 0.29) is 12.5 Å². The molecule has 5 heteroatoms. The quantitative estimate of drug-likeness (QED) is 0.782. The number of benzene rings is 1. The van der Waals surface area contributed by atoms with Crippen LogP contribution in [0.25, 0.3) is 0 Å². The average molecular weight is 280 g/mol. The second-order valence-corrected chi connectivity index (χ2v) is 5.61. The maximum Gasteiger partial charge on any atom is 0.234 e. The normalized spacial score (nSPS) is 11.5. The molecule has 0 atom stereocenters. The first-order chi connectivity index (χ1) is 9.30. The Morgan fingerprint density at radius 1 is 1.35 bits per heavy atom. The summed E-state index contributed by atoms with van der Waals surface area (Å²) in [6.45, 7) is 4.64. The van der Waals surface area contributed by atoms with E-state index in [4.69, 9.17) is 4.74 Å². The Morgan fingerprint density at radius 3 is 2.45 bits per heavy atom. The minimum atomic E-state index is -0.801. The lowest BCUT2D eigenvalue weighted by molar-refractivity contribution is -0.122. The average Bonchev–Trinajstić information content (AvgIpc) is 2.34. The van der Waals surface area contributed by atoms with Crippen LogP contribution in [0.3, 0.4) is 0 Å². The number of nitrogens with one attached hydrogen (secondary N) is 1. The van der Waals surface area contributed by atoms with Crippen molar-refractivity contribution in [2.75, 3.05) is 27.2 Å². The third-order valence-corrected chi connectivity index (χ3v) is 2.72. The van der Waals surface area contributed by atoms with Crippen molar-refractivity contribution in [2.45, 2.75) is 26.0 Å². The van der Waals surface area contributed by atoms with E-state index in [1.807, 2.05) is 31.3 Å². The van der Waals surface area contributed by atoms with Crippen LogP contribution in [0.1, 0.15) is 19.4 Å². The van der Waals surface area contributed by atoms with E-state index >= 15 is 0 Å². The number of likely N-dealkylation sites (N-methyl/N-ethyl adjacent to an activating group) is 1. The summed E-state index contributed by atoms with van der Waals surface area (Å²) in [7, 11) is 3.43. The number of amides is 1. The molecule has 1 amide bonds. The highest BCUT2D eigenvalue weighted by Crippen LogP contribution is 2.10. The number of aliphatic hydroxyl groups is 1. The molecule has 0 saturated heterocycles. The van der Waals surface area contributed by atoms with Gasteiger partial charge in [0.2, 0.25) is 5.91 Å². The summed E-state index contributed by atoms with van der Waals surface area (Å²) in [5, 5.41) is 12.5. The molecule has 0 aliphatic carbocycles. The van der Waals surface area contributed by atoms with Gasteiger partial charge in [-0.05, 0) is 38.6 Å². The smallest absolute Gasteiger partial charge is 0.234 e. The van der Waals surface area contributed by atoms with Gasteiger partial charge in [-0.15, -0.1) is 0 Å². The fraction of sp³-hybridized carbons (Fsp3) is 0.533. The third kappa shape index (κ3) is 6.54. The highest BCUT2D eigenvalue weighted by atomic mass is 16.5. The lowest BCUT2D eigenvalue weighted by Gasteiger charge is -2.24. The Hall–Kier alpha value is -1.59. The standard InChI is InChI=1S/C15H24N2O3/c1-15(2,19)11-17(3)10-14(18)16-9-12-5-7-13(20-4)8-6-12/h5-8,19H,9-11H2,1-4H3,(H,16,18). The zero-order chi connectivity index (χ0) is 15.2. The van der Waals surface area contributed by atoms with Crippen molar-refractivity contribution in [3.8, 4) is 5.75 Å². The van der Waals surface area contributed by atoms with E-state index < -0.39 is 5.60 Å². The van der Waals surface area contributed by atoms with Gasteiger partial charge in [-0.3, -0.25) is 9.69 Å². The molecule has 5 nitrogen and oxygen atoms in total. The van der Waals surface area contributed by atoms with Crippen LogP contribution in [0.4, 0.5) is 0 Å². The molecule has 20 heavy (non-hydrogen) atoms. The summed E-state index contributed by atoms with van der Waals surface area (Å²) in [6.07, 6.45) is 0. The predicted molar refractivity (Wildman–Crippen MR) is 78.6 cm³/mol. The van der Waals surface area contributed by atoms with E-state index in [2.05, 4.69) is 5.32 Å². The maximum atomic E-state index is 11.8. The summed E-state index contributed by atoms with van der Waals surface area (Å²) in [6, 6.07) is 7.56. The Bertz CT molecular complexity index is 424. The molecule has 1 aromatic carbocycles. The molecule has 0 fully saturated rings. The van der Waals surface area contributed by atoms with Gasteiger partial charge < -0.3 is 15.2 Å². The summed E-state index contributed by atoms with van der Waals surface area (Å²) >= 11 is 0. The molecule has 112 valence electrons. The van der Waals surface area contributed by atoms with Gasteiger partial charge >= 0.3 is 0 Å². The van der Waals surface area contributed by atoms with Crippen LogP contribution < -0.4 is 10.1 Å². The zero-order valence-corrected chi connectivity index (χ0v) is 12.6. The summed E-state index contributed by atoms with van der Waals surface area (Å²) in [5.41, 5.74) is 0.217. The second-order valence-electron chi connectivity index (χ2n) is 5.61. The molecule has 0 aromatic heterocycles. The highest BCUT2D eigenvalue weighted by Gasteiger charge is 2.17. The predicted octanol–water partition coefficient (Wildman–Crippen LogP) is 1.01. The number of methoxy groups -OCH3 is 1. The van der Waals surface area contributed by atoms with E-state index in [1.54, 1.807) is 25.9 Å². The van der Waals surface area contributed by atoms with Crippen molar-refractivity contribution in [1.82, 2.24) is 10.2 Å². The molecular formula is C15H24N2O3.